The minimum absolute atomic E-state index is 0.366. The van der Waals surface area contributed by atoms with E-state index < -0.39 is 5.60 Å². The first kappa shape index (κ1) is 17.8. The van der Waals surface area contributed by atoms with Crippen LogP contribution in [0.4, 0.5) is 10.5 Å². The van der Waals surface area contributed by atoms with E-state index in [2.05, 4.69) is 52.5 Å². The average Bonchev–Trinajstić information content (AvgIpc) is 2.29. The monoisotopic (exact) mass is 356 g/mol. The van der Waals surface area contributed by atoms with Crippen LogP contribution in [0.1, 0.15) is 38.3 Å². The number of alkyl carbamates (subject to hydrolysis) is 1. The highest BCUT2D eigenvalue weighted by atomic mass is 79.9. The molecule has 118 valence electrons. The van der Waals surface area contributed by atoms with Crippen LogP contribution in [0.2, 0.25) is 0 Å². The molecular weight excluding hydrogens is 332 g/mol. The predicted molar refractivity (Wildman–Crippen MR) is 91.0 cm³/mol. The van der Waals surface area contributed by atoms with Crippen molar-refractivity contribution in [2.75, 3.05) is 18.4 Å². The number of carbonyl (C=O) groups is 1. The van der Waals surface area contributed by atoms with Gasteiger partial charge in [0.15, 0.2) is 0 Å². The van der Waals surface area contributed by atoms with Crippen LogP contribution < -0.4 is 10.6 Å². The van der Waals surface area contributed by atoms with E-state index in [1.165, 1.54) is 11.1 Å². The number of rotatable bonds is 5. The molecule has 0 radical (unpaired) electrons. The second-order valence-corrected chi connectivity index (χ2v) is 7.00. The van der Waals surface area contributed by atoms with Gasteiger partial charge in [0.05, 0.1) is 5.69 Å². The molecule has 0 aliphatic rings. The second-order valence-electron chi connectivity index (χ2n) is 6.15. The molecule has 1 aromatic carbocycles. The van der Waals surface area contributed by atoms with Crippen molar-refractivity contribution in [2.45, 2.75) is 46.6 Å². The lowest BCUT2D eigenvalue weighted by molar-refractivity contribution is 0.0528. The van der Waals surface area contributed by atoms with E-state index in [-0.39, 0.29) is 6.09 Å². The van der Waals surface area contributed by atoms with Crippen LogP contribution in [0.3, 0.4) is 0 Å². The molecule has 0 aromatic heterocycles. The summed E-state index contributed by atoms with van der Waals surface area (Å²) in [6.45, 7) is 11.1. The minimum Gasteiger partial charge on any atom is -0.444 e. The molecule has 5 heteroatoms. The van der Waals surface area contributed by atoms with Crippen LogP contribution in [-0.4, -0.2) is 24.8 Å². The van der Waals surface area contributed by atoms with Crippen LogP contribution in [0.5, 0.6) is 0 Å². The summed E-state index contributed by atoms with van der Waals surface area (Å²) in [5.74, 6) is 0. The van der Waals surface area contributed by atoms with Gasteiger partial charge in [-0.1, -0.05) is 6.07 Å². The Hall–Kier alpha value is -1.23. The third kappa shape index (κ3) is 6.85. The van der Waals surface area contributed by atoms with E-state index in [1.807, 2.05) is 20.8 Å². The number of benzene rings is 1. The van der Waals surface area contributed by atoms with Crippen molar-refractivity contribution in [1.29, 1.82) is 0 Å². The zero-order valence-electron chi connectivity index (χ0n) is 13.5. The number of ether oxygens (including phenoxy) is 1. The van der Waals surface area contributed by atoms with E-state index in [4.69, 9.17) is 4.74 Å². The van der Waals surface area contributed by atoms with Gasteiger partial charge in [0.2, 0.25) is 0 Å². The Morgan fingerprint density at radius 3 is 2.48 bits per heavy atom. The summed E-state index contributed by atoms with van der Waals surface area (Å²) in [6, 6.07) is 4.24. The maximum absolute atomic E-state index is 11.5. The zero-order valence-corrected chi connectivity index (χ0v) is 15.1. The topological polar surface area (TPSA) is 50.4 Å². The summed E-state index contributed by atoms with van der Waals surface area (Å²) in [7, 11) is 0. The van der Waals surface area contributed by atoms with Crippen LogP contribution in [0.15, 0.2) is 16.6 Å². The Morgan fingerprint density at radius 1 is 1.24 bits per heavy atom. The number of nitrogens with one attached hydrogen (secondary N) is 2. The fraction of sp³-hybridized carbons (Fsp3) is 0.562. The minimum atomic E-state index is -0.452. The van der Waals surface area contributed by atoms with Crippen molar-refractivity contribution >= 4 is 27.7 Å². The van der Waals surface area contributed by atoms with Crippen molar-refractivity contribution in [2.24, 2.45) is 0 Å². The highest BCUT2D eigenvalue weighted by Gasteiger charge is 2.15. The first-order chi connectivity index (χ1) is 9.69. The normalized spacial score (nSPS) is 11.1. The van der Waals surface area contributed by atoms with E-state index in [0.717, 1.165) is 23.1 Å². The SMILES string of the molecule is Cc1cc(C)c(NCCCNC(=O)OC(C)(C)C)c(Br)c1. The summed E-state index contributed by atoms with van der Waals surface area (Å²) in [6.07, 6.45) is 0.467. The Kier molecular flexibility index (Phi) is 6.52. The highest BCUT2D eigenvalue weighted by molar-refractivity contribution is 9.10. The molecule has 4 nitrogen and oxygen atoms in total. The van der Waals surface area contributed by atoms with Crippen molar-refractivity contribution in [3.8, 4) is 0 Å². The molecule has 0 bridgehead atoms. The summed E-state index contributed by atoms with van der Waals surface area (Å²) in [5, 5.41) is 6.14. The molecule has 0 saturated heterocycles. The van der Waals surface area contributed by atoms with Crippen molar-refractivity contribution in [3.63, 3.8) is 0 Å². The van der Waals surface area contributed by atoms with Crippen LogP contribution in [-0.2, 0) is 4.74 Å². The third-order valence-corrected chi connectivity index (χ3v) is 3.38. The Labute approximate surface area is 135 Å². The number of hydrogen-bond acceptors (Lipinski definition) is 3. The van der Waals surface area contributed by atoms with E-state index >= 15 is 0 Å². The van der Waals surface area contributed by atoms with Gasteiger partial charge in [0.25, 0.3) is 0 Å². The van der Waals surface area contributed by atoms with Gasteiger partial charge in [-0.25, -0.2) is 4.79 Å². The fourth-order valence-electron chi connectivity index (χ4n) is 1.95. The number of amides is 1. The first-order valence-corrected chi connectivity index (χ1v) is 7.96. The lowest BCUT2D eigenvalue weighted by Crippen LogP contribution is -2.33. The Morgan fingerprint density at radius 2 is 1.90 bits per heavy atom. The molecule has 0 saturated carbocycles. The van der Waals surface area contributed by atoms with Crippen molar-refractivity contribution in [1.82, 2.24) is 5.32 Å². The van der Waals surface area contributed by atoms with Crippen LogP contribution >= 0.6 is 15.9 Å². The molecule has 0 aliphatic carbocycles. The molecule has 1 rings (SSSR count). The maximum atomic E-state index is 11.5. The molecule has 0 heterocycles. The molecule has 2 N–H and O–H groups in total. The molecule has 21 heavy (non-hydrogen) atoms. The predicted octanol–water partition coefficient (Wildman–Crippen LogP) is 4.39. The fourth-order valence-corrected chi connectivity index (χ4v) is 2.76. The van der Waals surface area contributed by atoms with Gasteiger partial charge in [-0.3, -0.25) is 0 Å². The zero-order chi connectivity index (χ0) is 16.0. The smallest absolute Gasteiger partial charge is 0.407 e. The van der Waals surface area contributed by atoms with Gasteiger partial charge in [-0.15, -0.1) is 0 Å². The largest absolute Gasteiger partial charge is 0.444 e. The van der Waals surface area contributed by atoms with Crippen LogP contribution in [0, 0.1) is 13.8 Å². The third-order valence-electron chi connectivity index (χ3n) is 2.76. The van der Waals surface area contributed by atoms with Crippen molar-refractivity contribution < 1.29 is 9.53 Å². The number of hydrogen-bond donors (Lipinski definition) is 2. The van der Waals surface area contributed by atoms with Gasteiger partial charge in [0, 0.05) is 17.6 Å². The molecule has 0 unspecified atom stereocenters. The van der Waals surface area contributed by atoms with E-state index in [0.29, 0.717) is 6.54 Å². The molecule has 0 spiro atoms. The van der Waals surface area contributed by atoms with Crippen molar-refractivity contribution in [3.05, 3.63) is 27.7 Å². The highest BCUT2D eigenvalue weighted by Crippen LogP contribution is 2.27. The summed E-state index contributed by atoms with van der Waals surface area (Å²) >= 11 is 3.57. The Balaban J connectivity index is 2.31. The van der Waals surface area contributed by atoms with E-state index in [1.54, 1.807) is 0 Å². The Bertz CT molecular complexity index is 473. The summed E-state index contributed by atoms with van der Waals surface area (Å²) < 4.78 is 6.25. The molecule has 0 fully saturated rings. The number of carbonyl (C=O) groups excluding carboxylic acids is 1. The average molecular weight is 357 g/mol. The van der Waals surface area contributed by atoms with Gasteiger partial charge < -0.3 is 15.4 Å². The van der Waals surface area contributed by atoms with Crippen LogP contribution in [0.25, 0.3) is 0 Å². The second kappa shape index (κ2) is 7.69. The lowest BCUT2D eigenvalue weighted by Gasteiger charge is -2.19. The van der Waals surface area contributed by atoms with E-state index in [9.17, 15) is 4.79 Å². The summed E-state index contributed by atoms with van der Waals surface area (Å²) in [4.78, 5) is 11.5. The molecule has 1 aromatic rings. The number of anilines is 1. The number of halogens is 1. The maximum Gasteiger partial charge on any atom is 0.407 e. The van der Waals surface area contributed by atoms with Gasteiger partial charge in [0.1, 0.15) is 5.60 Å². The summed E-state index contributed by atoms with van der Waals surface area (Å²) in [5.41, 5.74) is 3.10. The lowest BCUT2D eigenvalue weighted by atomic mass is 10.1. The molecule has 0 aliphatic heterocycles. The number of aryl methyl sites for hydroxylation is 2. The standard InChI is InChI=1S/C16H25BrN2O2/c1-11-9-12(2)14(13(17)10-11)18-7-6-8-19-15(20)21-16(3,4)5/h9-10,18H,6-8H2,1-5H3,(H,19,20). The van der Waals surface area contributed by atoms with Gasteiger partial charge >= 0.3 is 6.09 Å². The van der Waals surface area contributed by atoms with Gasteiger partial charge in [-0.2, -0.15) is 0 Å². The quantitative estimate of drug-likeness (QED) is 0.769. The first-order valence-electron chi connectivity index (χ1n) is 7.16. The molecule has 0 atom stereocenters. The molecule has 1 amide bonds. The van der Waals surface area contributed by atoms with Gasteiger partial charge in [-0.05, 0) is 74.2 Å². The molecular formula is C16H25BrN2O2.